The van der Waals surface area contributed by atoms with Gasteiger partial charge in [-0.05, 0) is 26.2 Å². The van der Waals surface area contributed by atoms with Crippen LogP contribution in [0.15, 0.2) is 0 Å². The molecule has 1 heterocycles. The fraction of sp³-hybridized carbons (Fsp3) is 0.917. The lowest BCUT2D eigenvalue weighted by molar-refractivity contribution is -0.209. The smallest absolute Gasteiger partial charge is 0.414 e. The lowest BCUT2D eigenvalue weighted by Gasteiger charge is -2.30. The number of nitrogens with zero attached hydrogens (tertiary/aromatic N) is 1. The van der Waals surface area contributed by atoms with Gasteiger partial charge in [-0.25, -0.2) is 4.79 Å². The highest BCUT2D eigenvalue weighted by molar-refractivity contribution is 5.70. The van der Waals surface area contributed by atoms with Crippen molar-refractivity contribution in [2.75, 3.05) is 19.8 Å². The summed E-state index contributed by atoms with van der Waals surface area (Å²) in [7, 11) is 0. The molecule has 0 aliphatic carbocycles. The van der Waals surface area contributed by atoms with Crippen molar-refractivity contribution < 1.29 is 19.0 Å². The Balaban J connectivity index is 2.69. The highest BCUT2D eigenvalue weighted by Gasteiger charge is 2.39. The molecule has 0 unspecified atom stereocenters. The van der Waals surface area contributed by atoms with Gasteiger partial charge in [0.05, 0.1) is 6.04 Å². The van der Waals surface area contributed by atoms with E-state index in [0.29, 0.717) is 25.7 Å². The van der Waals surface area contributed by atoms with Crippen molar-refractivity contribution in [3.63, 3.8) is 0 Å². The monoisotopic (exact) mass is 245 g/mol. The van der Waals surface area contributed by atoms with E-state index in [-0.39, 0.29) is 12.1 Å². The van der Waals surface area contributed by atoms with Gasteiger partial charge in [-0.2, -0.15) is 0 Å². The summed E-state index contributed by atoms with van der Waals surface area (Å²) in [5.41, 5.74) is 0. The molecule has 1 fully saturated rings. The highest BCUT2D eigenvalue weighted by Crippen LogP contribution is 2.23. The predicted molar refractivity (Wildman–Crippen MR) is 63.5 cm³/mol. The van der Waals surface area contributed by atoms with E-state index in [2.05, 4.69) is 13.8 Å². The zero-order valence-electron chi connectivity index (χ0n) is 11.1. The first-order valence-corrected chi connectivity index (χ1v) is 6.28. The Kier molecular flexibility index (Phi) is 5.71. The molecule has 5 heteroatoms. The van der Waals surface area contributed by atoms with E-state index in [1.54, 1.807) is 4.90 Å². The number of carbonyl (C=O) groups is 1. The molecule has 1 saturated heterocycles. The van der Waals surface area contributed by atoms with Gasteiger partial charge < -0.3 is 14.2 Å². The van der Waals surface area contributed by atoms with Crippen LogP contribution in [0.1, 0.15) is 34.1 Å². The van der Waals surface area contributed by atoms with Gasteiger partial charge in [0.15, 0.2) is 0 Å². The number of hydrogen-bond acceptors (Lipinski definition) is 4. The first kappa shape index (κ1) is 14.3. The second kappa shape index (κ2) is 6.81. The van der Waals surface area contributed by atoms with Crippen LogP contribution in [-0.2, 0) is 14.2 Å². The summed E-state index contributed by atoms with van der Waals surface area (Å²) < 4.78 is 16.0. The molecule has 0 bridgehead atoms. The Hall–Kier alpha value is -0.810. The summed E-state index contributed by atoms with van der Waals surface area (Å²) >= 11 is 0. The number of rotatable bonds is 7. The summed E-state index contributed by atoms with van der Waals surface area (Å²) in [6.07, 6.45) is -0.0751. The number of hydrogen-bond donors (Lipinski definition) is 0. The van der Waals surface area contributed by atoms with Crippen LogP contribution in [0.25, 0.3) is 0 Å². The largest absolute Gasteiger partial charge is 0.447 e. The van der Waals surface area contributed by atoms with Crippen molar-refractivity contribution in [2.45, 2.75) is 46.6 Å². The molecule has 0 N–H and O–H groups in total. The number of ether oxygens (including phenoxy) is 3. The molecule has 1 amide bonds. The van der Waals surface area contributed by atoms with Crippen molar-refractivity contribution in [1.29, 1.82) is 0 Å². The van der Waals surface area contributed by atoms with E-state index in [0.717, 1.165) is 6.42 Å². The van der Waals surface area contributed by atoms with Crippen molar-refractivity contribution in [3.8, 4) is 0 Å². The van der Waals surface area contributed by atoms with E-state index in [9.17, 15) is 4.79 Å². The SMILES string of the molecule is CCOC(OCC)N1C(=O)OC[C@@H]1CC(C)C. The molecule has 0 spiro atoms. The predicted octanol–water partition coefficient (Wildman–Crippen LogP) is 2.21. The van der Waals surface area contributed by atoms with E-state index in [1.165, 1.54) is 0 Å². The van der Waals surface area contributed by atoms with E-state index in [1.807, 2.05) is 13.8 Å². The maximum atomic E-state index is 11.7. The quantitative estimate of drug-likeness (QED) is 0.645. The Labute approximate surface area is 103 Å². The van der Waals surface area contributed by atoms with Crippen molar-refractivity contribution in [2.24, 2.45) is 5.92 Å². The van der Waals surface area contributed by atoms with Crippen molar-refractivity contribution in [1.82, 2.24) is 4.90 Å². The third-order valence-corrected chi connectivity index (χ3v) is 2.59. The standard InChI is InChI=1S/C12H23NO4/c1-5-15-12(16-6-2)13-10(7-9(3)4)8-17-11(13)14/h9-10,12H,5-8H2,1-4H3/t10-/m0/s1. The third kappa shape index (κ3) is 3.85. The van der Waals surface area contributed by atoms with E-state index < -0.39 is 6.41 Å². The Morgan fingerprint density at radius 1 is 1.35 bits per heavy atom. The van der Waals surface area contributed by atoms with E-state index in [4.69, 9.17) is 14.2 Å². The van der Waals surface area contributed by atoms with Crippen LogP contribution in [0.4, 0.5) is 4.79 Å². The molecule has 0 aromatic heterocycles. The summed E-state index contributed by atoms with van der Waals surface area (Å²) in [6.45, 7) is 9.43. The second-order valence-electron chi connectivity index (χ2n) is 4.49. The second-order valence-corrected chi connectivity index (χ2v) is 4.49. The molecule has 0 saturated carbocycles. The van der Waals surface area contributed by atoms with Crippen molar-refractivity contribution in [3.05, 3.63) is 0 Å². The Bertz CT molecular complexity index is 239. The minimum atomic E-state index is -0.622. The lowest BCUT2D eigenvalue weighted by atomic mass is 10.0. The number of carbonyl (C=O) groups excluding carboxylic acids is 1. The molecule has 0 aromatic rings. The van der Waals surface area contributed by atoms with Crippen molar-refractivity contribution >= 4 is 6.09 Å². The van der Waals surface area contributed by atoms with Crippen LogP contribution in [-0.4, -0.2) is 43.3 Å². The summed E-state index contributed by atoms with van der Waals surface area (Å²) in [6, 6.07) is 0.0469. The molecular weight excluding hydrogens is 222 g/mol. The van der Waals surface area contributed by atoms with Gasteiger partial charge in [-0.15, -0.1) is 0 Å². The molecule has 1 rings (SSSR count). The highest BCUT2D eigenvalue weighted by atomic mass is 16.7. The Morgan fingerprint density at radius 3 is 2.41 bits per heavy atom. The van der Waals surface area contributed by atoms with Crippen LogP contribution >= 0.6 is 0 Å². The van der Waals surface area contributed by atoms with Gasteiger partial charge >= 0.3 is 6.09 Å². The van der Waals surface area contributed by atoms with Gasteiger partial charge in [0.2, 0.25) is 6.41 Å². The fourth-order valence-electron chi connectivity index (χ4n) is 1.95. The summed E-state index contributed by atoms with van der Waals surface area (Å²) in [4.78, 5) is 13.3. The molecule has 1 aliphatic rings. The van der Waals surface area contributed by atoms with Crippen LogP contribution in [0.2, 0.25) is 0 Å². The maximum absolute atomic E-state index is 11.7. The first-order valence-electron chi connectivity index (χ1n) is 6.28. The first-order chi connectivity index (χ1) is 8.10. The van der Waals surface area contributed by atoms with Crippen LogP contribution in [0.3, 0.4) is 0 Å². The van der Waals surface area contributed by atoms with Crippen LogP contribution in [0.5, 0.6) is 0 Å². The number of cyclic esters (lactones) is 1. The minimum absolute atomic E-state index is 0.0469. The average molecular weight is 245 g/mol. The molecule has 5 nitrogen and oxygen atoms in total. The molecule has 100 valence electrons. The number of amides is 1. The van der Waals surface area contributed by atoms with Crippen LogP contribution < -0.4 is 0 Å². The Morgan fingerprint density at radius 2 is 1.94 bits per heavy atom. The average Bonchev–Trinajstić information content (AvgIpc) is 2.59. The van der Waals surface area contributed by atoms with E-state index >= 15 is 0 Å². The molecule has 0 radical (unpaired) electrons. The summed E-state index contributed by atoms with van der Waals surface area (Å²) in [5.74, 6) is 0.501. The normalized spacial score (nSPS) is 20.5. The third-order valence-electron chi connectivity index (χ3n) is 2.59. The van der Waals surface area contributed by atoms with Crippen LogP contribution in [0, 0.1) is 5.92 Å². The van der Waals surface area contributed by atoms with Gasteiger partial charge in [0, 0.05) is 13.2 Å². The van der Waals surface area contributed by atoms with Gasteiger partial charge in [-0.1, -0.05) is 13.8 Å². The topological polar surface area (TPSA) is 48.0 Å². The summed E-state index contributed by atoms with van der Waals surface area (Å²) in [5, 5.41) is 0. The molecule has 17 heavy (non-hydrogen) atoms. The zero-order chi connectivity index (χ0) is 12.8. The lowest BCUT2D eigenvalue weighted by Crippen LogP contribution is -2.45. The molecule has 1 aliphatic heterocycles. The maximum Gasteiger partial charge on any atom is 0.414 e. The van der Waals surface area contributed by atoms with Gasteiger partial charge in [-0.3, -0.25) is 4.90 Å². The molecular formula is C12H23NO4. The van der Waals surface area contributed by atoms with Gasteiger partial charge in [0.1, 0.15) is 6.61 Å². The van der Waals surface area contributed by atoms with Gasteiger partial charge in [0.25, 0.3) is 0 Å². The zero-order valence-corrected chi connectivity index (χ0v) is 11.1. The minimum Gasteiger partial charge on any atom is -0.447 e. The fourth-order valence-corrected chi connectivity index (χ4v) is 1.95. The molecule has 1 atom stereocenters. The molecule has 0 aromatic carbocycles.